The minimum atomic E-state index is -0.0744. The fourth-order valence-corrected chi connectivity index (χ4v) is 2.35. The van der Waals surface area contributed by atoms with Gasteiger partial charge in [0.1, 0.15) is 0 Å². The zero-order valence-corrected chi connectivity index (χ0v) is 9.60. The number of nitrogens with one attached hydrogen (secondary N) is 2. The average Bonchev–Trinajstić information content (AvgIpc) is 2.83. The molecule has 1 aromatic rings. The number of rotatable bonds is 2. The number of carbonyl (C=O) groups is 1. The smallest absolute Gasteiger partial charge is 0.242 e. The standard InChI is InChI=1S/C9H14N4OS/c1-6-7(3-11-13(6)2)12-9(14)8-4-15-5-10-8/h3,8,10H,4-5H2,1-2H3,(H,12,14)/t8-/m1/s1. The van der Waals surface area contributed by atoms with Crippen molar-refractivity contribution >= 4 is 23.4 Å². The molecule has 1 atom stereocenters. The molecule has 1 aromatic heterocycles. The number of aromatic nitrogens is 2. The predicted molar refractivity (Wildman–Crippen MR) is 60.8 cm³/mol. The van der Waals surface area contributed by atoms with E-state index >= 15 is 0 Å². The fourth-order valence-electron chi connectivity index (χ4n) is 1.40. The van der Waals surface area contributed by atoms with Crippen LogP contribution in [0.25, 0.3) is 0 Å². The summed E-state index contributed by atoms with van der Waals surface area (Å²) in [6.07, 6.45) is 1.68. The molecule has 0 aromatic carbocycles. The first kappa shape index (κ1) is 10.5. The summed E-state index contributed by atoms with van der Waals surface area (Å²) in [5.74, 6) is 1.71. The van der Waals surface area contributed by atoms with E-state index in [0.29, 0.717) is 0 Å². The molecule has 82 valence electrons. The largest absolute Gasteiger partial charge is 0.322 e. The van der Waals surface area contributed by atoms with Crippen LogP contribution >= 0.6 is 11.8 Å². The second kappa shape index (κ2) is 4.24. The summed E-state index contributed by atoms with van der Waals surface area (Å²) < 4.78 is 1.74. The van der Waals surface area contributed by atoms with E-state index in [-0.39, 0.29) is 11.9 Å². The number of nitrogens with zero attached hydrogens (tertiary/aromatic N) is 2. The molecular weight excluding hydrogens is 212 g/mol. The summed E-state index contributed by atoms with van der Waals surface area (Å²) in [4.78, 5) is 11.8. The third-order valence-electron chi connectivity index (χ3n) is 2.53. The number of hydrogen-bond acceptors (Lipinski definition) is 4. The lowest BCUT2D eigenvalue weighted by molar-refractivity contribution is -0.117. The lowest BCUT2D eigenvalue weighted by atomic mass is 10.3. The van der Waals surface area contributed by atoms with E-state index < -0.39 is 0 Å². The Kier molecular flexibility index (Phi) is 2.97. The molecule has 6 heteroatoms. The van der Waals surface area contributed by atoms with E-state index in [1.807, 2.05) is 14.0 Å². The molecule has 1 amide bonds. The Labute approximate surface area is 92.6 Å². The van der Waals surface area contributed by atoms with E-state index in [1.54, 1.807) is 22.6 Å². The van der Waals surface area contributed by atoms with Crippen molar-refractivity contribution in [1.82, 2.24) is 15.1 Å². The van der Waals surface area contributed by atoms with Crippen LogP contribution in [0.2, 0.25) is 0 Å². The van der Waals surface area contributed by atoms with Crippen molar-refractivity contribution in [3.8, 4) is 0 Å². The summed E-state index contributed by atoms with van der Waals surface area (Å²) in [7, 11) is 1.86. The molecule has 15 heavy (non-hydrogen) atoms. The van der Waals surface area contributed by atoms with Gasteiger partial charge >= 0.3 is 0 Å². The van der Waals surface area contributed by atoms with Gasteiger partial charge in [-0.25, -0.2) is 0 Å². The monoisotopic (exact) mass is 226 g/mol. The second-order valence-electron chi connectivity index (χ2n) is 3.53. The van der Waals surface area contributed by atoms with Crippen molar-refractivity contribution in [2.75, 3.05) is 16.9 Å². The van der Waals surface area contributed by atoms with Crippen molar-refractivity contribution in [1.29, 1.82) is 0 Å². The number of anilines is 1. The summed E-state index contributed by atoms with van der Waals surface area (Å²) >= 11 is 1.74. The first-order chi connectivity index (χ1) is 7.18. The third kappa shape index (κ3) is 2.15. The van der Waals surface area contributed by atoms with E-state index in [2.05, 4.69) is 15.7 Å². The van der Waals surface area contributed by atoms with Crippen LogP contribution in [0.3, 0.4) is 0 Å². The van der Waals surface area contributed by atoms with Gasteiger partial charge in [0.25, 0.3) is 0 Å². The number of carbonyl (C=O) groups excluding carboxylic acids is 1. The number of aryl methyl sites for hydroxylation is 1. The van der Waals surface area contributed by atoms with Gasteiger partial charge in [-0.05, 0) is 6.92 Å². The molecule has 0 radical (unpaired) electrons. The molecular formula is C9H14N4OS. The van der Waals surface area contributed by atoms with Gasteiger partial charge in [0.2, 0.25) is 5.91 Å². The maximum atomic E-state index is 11.8. The molecule has 2 heterocycles. The zero-order chi connectivity index (χ0) is 10.8. The van der Waals surface area contributed by atoms with Crippen LogP contribution in [-0.4, -0.2) is 33.4 Å². The molecule has 1 aliphatic rings. The second-order valence-corrected chi connectivity index (χ2v) is 4.56. The van der Waals surface area contributed by atoms with Crippen LogP contribution in [0.5, 0.6) is 0 Å². The van der Waals surface area contributed by atoms with E-state index in [9.17, 15) is 4.79 Å². The molecule has 2 rings (SSSR count). The molecule has 2 N–H and O–H groups in total. The zero-order valence-electron chi connectivity index (χ0n) is 8.78. The highest BCUT2D eigenvalue weighted by atomic mass is 32.2. The van der Waals surface area contributed by atoms with Crippen molar-refractivity contribution in [3.05, 3.63) is 11.9 Å². The quantitative estimate of drug-likeness (QED) is 0.763. The Morgan fingerprint density at radius 2 is 2.60 bits per heavy atom. The topological polar surface area (TPSA) is 59.0 Å². The van der Waals surface area contributed by atoms with Crippen LogP contribution in [0.1, 0.15) is 5.69 Å². The van der Waals surface area contributed by atoms with Crippen molar-refractivity contribution in [3.63, 3.8) is 0 Å². The highest BCUT2D eigenvalue weighted by Gasteiger charge is 2.23. The van der Waals surface area contributed by atoms with Gasteiger partial charge < -0.3 is 5.32 Å². The Morgan fingerprint density at radius 3 is 3.13 bits per heavy atom. The highest BCUT2D eigenvalue weighted by Crippen LogP contribution is 2.15. The van der Waals surface area contributed by atoms with Crippen LogP contribution in [0.4, 0.5) is 5.69 Å². The Hall–Kier alpha value is -1.01. The van der Waals surface area contributed by atoms with Gasteiger partial charge in [-0.3, -0.25) is 14.8 Å². The lowest BCUT2D eigenvalue weighted by Crippen LogP contribution is -2.37. The molecule has 0 unspecified atom stereocenters. The minimum Gasteiger partial charge on any atom is -0.322 e. The van der Waals surface area contributed by atoms with Gasteiger partial charge in [0.05, 0.1) is 23.6 Å². The van der Waals surface area contributed by atoms with E-state index in [4.69, 9.17) is 0 Å². The van der Waals surface area contributed by atoms with Gasteiger partial charge in [0, 0.05) is 18.7 Å². The summed E-state index contributed by atoms with van der Waals surface area (Å²) in [6.45, 7) is 1.93. The predicted octanol–water partition coefficient (Wildman–Crippen LogP) is 0.330. The molecule has 0 spiro atoms. The number of hydrogen-bond donors (Lipinski definition) is 2. The molecule has 1 fully saturated rings. The van der Waals surface area contributed by atoms with Crippen LogP contribution < -0.4 is 10.6 Å². The third-order valence-corrected chi connectivity index (χ3v) is 3.47. The Morgan fingerprint density at radius 1 is 1.80 bits per heavy atom. The van der Waals surface area contributed by atoms with Crippen molar-refractivity contribution in [2.45, 2.75) is 13.0 Å². The van der Waals surface area contributed by atoms with Gasteiger partial charge in [-0.2, -0.15) is 5.10 Å². The molecule has 5 nitrogen and oxygen atoms in total. The van der Waals surface area contributed by atoms with Gasteiger partial charge in [0.15, 0.2) is 0 Å². The molecule has 0 aliphatic carbocycles. The average molecular weight is 226 g/mol. The van der Waals surface area contributed by atoms with E-state index in [0.717, 1.165) is 23.0 Å². The number of amides is 1. The molecule has 0 saturated carbocycles. The minimum absolute atomic E-state index is 0.0242. The number of thioether (sulfide) groups is 1. The van der Waals surface area contributed by atoms with Crippen molar-refractivity contribution in [2.24, 2.45) is 7.05 Å². The maximum absolute atomic E-state index is 11.8. The maximum Gasteiger partial charge on any atom is 0.242 e. The molecule has 0 bridgehead atoms. The first-order valence-electron chi connectivity index (χ1n) is 4.79. The Balaban J connectivity index is 2.02. The lowest BCUT2D eigenvalue weighted by Gasteiger charge is -2.09. The Bertz CT molecular complexity index is 370. The SMILES string of the molecule is Cc1c(NC(=O)[C@H]2CSCN2)cnn1C. The highest BCUT2D eigenvalue weighted by molar-refractivity contribution is 7.99. The van der Waals surface area contributed by atoms with Gasteiger partial charge in [-0.1, -0.05) is 0 Å². The van der Waals surface area contributed by atoms with Crippen LogP contribution in [0.15, 0.2) is 6.20 Å². The van der Waals surface area contributed by atoms with Gasteiger partial charge in [-0.15, -0.1) is 11.8 Å². The summed E-state index contributed by atoms with van der Waals surface area (Å²) in [6, 6.07) is -0.0744. The normalized spacial score (nSPS) is 20.5. The van der Waals surface area contributed by atoms with Crippen LogP contribution in [-0.2, 0) is 11.8 Å². The van der Waals surface area contributed by atoms with E-state index in [1.165, 1.54) is 0 Å². The first-order valence-corrected chi connectivity index (χ1v) is 5.94. The van der Waals surface area contributed by atoms with Crippen LogP contribution in [0, 0.1) is 6.92 Å². The summed E-state index contributed by atoms with van der Waals surface area (Å²) in [5.41, 5.74) is 1.76. The summed E-state index contributed by atoms with van der Waals surface area (Å²) in [5, 5.41) is 10.1. The fraction of sp³-hybridized carbons (Fsp3) is 0.556. The molecule has 1 saturated heterocycles. The van der Waals surface area contributed by atoms with Crippen molar-refractivity contribution < 1.29 is 4.79 Å². The molecule has 1 aliphatic heterocycles.